The van der Waals surface area contributed by atoms with Gasteiger partial charge >= 0.3 is 0 Å². The van der Waals surface area contributed by atoms with Crippen LogP contribution in [0.15, 0.2) is 46.3 Å². The third kappa shape index (κ3) is 4.27. The Morgan fingerprint density at radius 2 is 2.21 bits per heavy atom. The molecule has 0 aliphatic rings. The number of rotatable bonds is 7. The summed E-state index contributed by atoms with van der Waals surface area (Å²) in [5.74, 6) is 1.04. The molecule has 3 rings (SSSR count). The molecule has 0 spiro atoms. The maximum absolute atomic E-state index is 12.0. The number of hydrogen-bond donors (Lipinski definition) is 2. The van der Waals surface area contributed by atoms with Gasteiger partial charge in [0.1, 0.15) is 0 Å². The summed E-state index contributed by atoms with van der Waals surface area (Å²) in [5, 5.41) is 17.8. The monoisotopic (exact) mass is 343 g/mol. The number of anilines is 1. The summed E-state index contributed by atoms with van der Waals surface area (Å²) >= 11 is 1.56. The number of amides is 1. The van der Waals surface area contributed by atoms with Crippen molar-refractivity contribution in [3.05, 3.63) is 53.2 Å². The molecule has 6 nitrogen and oxygen atoms in total. The molecule has 1 amide bonds. The van der Waals surface area contributed by atoms with Crippen LogP contribution in [0, 0.1) is 0 Å². The summed E-state index contributed by atoms with van der Waals surface area (Å²) in [5.41, 5.74) is 1.45. The lowest BCUT2D eigenvalue weighted by Gasteiger charge is -2.05. The first-order valence-electron chi connectivity index (χ1n) is 7.61. The van der Waals surface area contributed by atoms with E-state index >= 15 is 0 Å². The number of carbonyl (C=O) groups is 1. The van der Waals surface area contributed by atoms with Gasteiger partial charge in [0.15, 0.2) is 0 Å². The average molecular weight is 343 g/mol. The largest absolute Gasteiger partial charge is 0.392 e. The Balaban J connectivity index is 1.46. The summed E-state index contributed by atoms with van der Waals surface area (Å²) in [6.45, 7) is -0.0482. The maximum atomic E-state index is 12.0. The van der Waals surface area contributed by atoms with Crippen LogP contribution in [-0.2, 0) is 17.8 Å². The number of aliphatic hydroxyl groups excluding tert-OH is 1. The van der Waals surface area contributed by atoms with Crippen molar-refractivity contribution < 1.29 is 14.4 Å². The van der Waals surface area contributed by atoms with E-state index in [0.717, 1.165) is 10.4 Å². The topological polar surface area (TPSA) is 88.2 Å². The molecule has 24 heavy (non-hydrogen) atoms. The van der Waals surface area contributed by atoms with E-state index in [1.165, 1.54) is 0 Å². The quantitative estimate of drug-likeness (QED) is 0.687. The van der Waals surface area contributed by atoms with Gasteiger partial charge in [-0.1, -0.05) is 23.4 Å². The first-order chi connectivity index (χ1) is 11.7. The fourth-order valence-electron chi connectivity index (χ4n) is 2.23. The number of thiophene rings is 1. The fourth-order valence-corrected chi connectivity index (χ4v) is 2.88. The Bertz CT molecular complexity index is 799. The molecule has 0 saturated heterocycles. The Morgan fingerprint density at radius 3 is 3.00 bits per heavy atom. The van der Waals surface area contributed by atoms with Crippen molar-refractivity contribution in [2.24, 2.45) is 0 Å². The van der Waals surface area contributed by atoms with Crippen LogP contribution in [-0.4, -0.2) is 21.2 Å². The Hall–Kier alpha value is -2.51. The number of hydrogen-bond acceptors (Lipinski definition) is 6. The van der Waals surface area contributed by atoms with Gasteiger partial charge in [-0.2, -0.15) is 4.98 Å². The lowest BCUT2D eigenvalue weighted by molar-refractivity contribution is -0.116. The Morgan fingerprint density at radius 1 is 1.29 bits per heavy atom. The third-order valence-electron chi connectivity index (χ3n) is 3.40. The van der Waals surface area contributed by atoms with Gasteiger partial charge in [-0.3, -0.25) is 4.79 Å². The predicted molar refractivity (Wildman–Crippen MR) is 91.5 cm³/mol. The molecule has 0 radical (unpaired) electrons. The van der Waals surface area contributed by atoms with Crippen LogP contribution < -0.4 is 5.32 Å². The molecule has 1 aromatic carbocycles. The first-order valence-corrected chi connectivity index (χ1v) is 8.48. The smallest absolute Gasteiger partial charge is 0.226 e. The van der Waals surface area contributed by atoms with Crippen LogP contribution in [0.1, 0.15) is 24.3 Å². The first kappa shape index (κ1) is 16.4. The van der Waals surface area contributed by atoms with Crippen LogP contribution in [0.2, 0.25) is 0 Å². The third-order valence-corrected chi connectivity index (χ3v) is 4.26. The fraction of sp³-hybridized carbons (Fsp3) is 0.235. The zero-order valence-electron chi connectivity index (χ0n) is 12.9. The Kier molecular flexibility index (Phi) is 5.35. The molecule has 2 aromatic heterocycles. The van der Waals surface area contributed by atoms with Gasteiger partial charge in [0.05, 0.1) is 11.5 Å². The summed E-state index contributed by atoms with van der Waals surface area (Å²) in [4.78, 5) is 17.2. The van der Waals surface area contributed by atoms with E-state index < -0.39 is 0 Å². The predicted octanol–water partition coefficient (Wildman–Crippen LogP) is 3.25. The van der Waals surface area contributed by atoms with E-state index in [2.05, 4.69) is 15.5 Å². The minimum absolute atomic E-state index is 0.0482. The molecule has 0 bridgehead atoms. The van der Waals surface area contributed by atoms with Crippen LogP contribution in [0.5, 0.6) is 0 Å². The zero-order valence-corrected chi connectivity index (χ0v) is 13.8. The van der Waals surface area contributed by atoms with Crippen molar-refractivity contribution in [1.82, 2.24) is 10.1 Å². The molecule has 0 saturated carbocycles. The van der Waals surface area contributed by atoms with E-state index in [0.29, 0.717) is 36.7 Å². The highest BCUT2D eigenvalue weighted by molar-refractivity contribution is 7.13. The zero-order chi connectivity index (χ0) is 16.8. The minimum Gasteiger partial charge on any atom is -0.392 e. The Labute approximate surface area is 143 Å². The van der Waals surface area contributed by atoms with Crippen LogP contribution in [0.4, 0.5) is 5.69 Å². The van der Waals surface area contributed by atoms with E-state index in [9.17, 15) is 4.79 Å². The molecule has 0 unspecified atom stereocenters. The second-order valence-electron chi connectivity index (χ2n) is 5.25. The van der Waals surface area contributed by atoms with Crippen molar-refractivity contribution >= 4 is 22.9 Å². The number of benzene rings is 1. The molecule has 0 aliphatic carbocycles. The molecule has 0 fully saturated rings. The standard InChI is InChI=1S/C17H17N3O3S/c21-11-12-4-1-5-13(10-12)18-15(22)7-2-8-16-19-17(20-23-16)14-6-3-9-24-14/h1,3-6,9-10,21H,2,7-8,11H2,(H,18,22). The summed E-state index contributed by atoms with van der Waals surface area (Å²) in [7, 11) is 0. The van der Waals surface area contributed by atoms with Gasteiger partial charge in [0.25, 0.3) is 0 Å². The molecular weight excluding hydrogens is 326 g/mol. The molecule has 2 N–H and O–H groups in total. The van der Waals surface area contributed by atoms with Gasteiger partial charge in [0, 0.05) is 18.5 Å². The number of aryl methyl sites for hydroxylation is 1. The van der Waals surface area contributed by atoms with Crippen molar-refractivity contribution in [2.75, 3.05) is 5.32 Å². The van der Waals surface area contributed by atoms with Crippen molar-refractivity contribution in [3.63, 3.8) is 0 Å². The molecular formula is C17H17N3O3S. The second-order valence-corrected chi connectivity index (χ2v) is 6.20. The maximum Gasteiger partial charge on any atom is 0.226 e. The SMILES string of the molecule is O=C(CCCc1nc(-c2cccs2)no1)Nc1cccc(CO)c1. The van der Waals surface area contributed by atoms with Gasteiger partial charge in [0.2, 0.25) is 17.6 Å². The van der Waals surface area contributed by atoms with Gasteiger partial charge in [-0.05, 0) is 35.6 Å². The average Bonchev–Trinajstić information content (AvgIpc) is 3.26. The highest BCUT2D eigenvalue weighted by Gasteiger charge is 2.10. The van der Waals surface area contributed by atoms with Gasteiger partial charge < -0.3 is 14.9 Å². The van der Waals surface area contributed by atoms with E-state index in [1.54, 1.807) is 35.6 Å². The van der Waals surface area contributed by atoms with Gasteiger partial charge in [-0.15, -0.1) is 11.3 Å². The lowest BCUT2D eigenvalue weighted by Crippen LogP contribution is -2.11. The van der Waals surface area contributed by atoms with Crippen molar-refractivity contribution in [1.29, 1.82) is 0 Å². The highest BCUT2D eigenvalue weighted by Crippen LogP contribution is 2.21. The summed E-state index contributed by atoms with van der Waals surface area (Å²) in [6, 6.07) is 11.0. The number of aliphatic hydroxyl groups is 1. The van der Waals surface area contributed by atoms with Crippen LogP contribution in [0.25, 0.3) is 10.7 Å². The van der Waals surface area contributed by atoms with E-state index in [1.807, 2.05) is 17.5 Å². The highest BCUT2D eigenvalue weighted by atomic mass is 32.1. The van der Waals surface area contributed by atoms with Crippen molar-refractivity contribution in [3.8, 4) is 10.7 Å². The second kappa shape index (κ2) is 7.85. The molecule has 3 aromatic rings. The van der Waals surface area contributed by atoms with E-state index in [-0.39, 0.29) is 12.5 Å². The number of aromatic nitrogens is 2. The van der Waals surface area contributed by atoms with Crippen molar-refractivity contribution in [2.45, 2.75) is 25.9 Å². The summed E-state index contributed by atoms with van der Waals surface area (Å²) in [6.07, 6.45) is 1.54. The molecule has 7 heteroatoms. The number of nitrogens with zero attached hydrogens (tertiary/aromatic N) is 2. The normalized spacial score (nSPS) is 10.7. The number of carbonyl (C=O) groups excluding carboxylic acids is 1. The molecule has 0 atom stereocenters. The minimum atomic E-state index is -0.0805. The van der Waals surface area contributed by atoms with Crippen LogP contribution in [0.3, 0.4) is 0 Å². The molecule has 2 heterocycles. The molecule has 0 aliphatic heterocycles. The number of nitrogens with one attached hydrogen (secondary N) is 1. The molecule has 124 valence electrons. The van der Waals surface area contributed by atoms with E-state index in [4.69, 9.17) is 9.63 Å². The lowest BCUT2D eigenvalue weighted by atomic mass is 10.2. The van der Waals surface area contributed by atoms with Gasteiger partial charge in [-0.25, -0.2) is 0 Å². The summed E-state index contributed by atoms with van der Waals surface area (Å²) < 4.78 is 5.20. The van der Waals surface area contributed by atoms with Crippen LogP contribution >= 0.6 is 11.3 Å².